The summed E-state index contributed by atoms with van der Waals surface area (Å²) in [5.74, 6) is 0.304. The van der Waals surface area contributed by atoms with Gasteiger partial charge in [-0.2, -0.15) is 0 Å². The van der Waals surface area contributed by atoms with Crippen LogP contribution in [-0.4, -0.2) is 36.6 Å². The molecule has 6 nitrogen and oxygen atoms in total. The van der Waals surface area contributed by atoms with Gasteiger partial charge in [0.2, 0.25) is 0 Å². The summed E-state index contributed by atoms with van der Waals surface area (Å²) in [6, 6.07) is 6.05. The number of phenolic OH excluding ortho intramolecular Hbond substituents is 1. The Kier molecular flexibility index (Phi) is 8.35. The molecule has 1 amide bonds. The van der Waals surface area contributed by atoms with Crippen molar-refractivity contribution < 1.29 is 9.90 Å². The molecule has 0 radical (unpaired) electrons. The molecule has 0 spiro atoms. The van der Waals surface area contributed by atoms with Gasteiger partial charge in [-0.1, -0.05) is 0 Å². The van der Waals surface area contributed by atoms with Crippen LogP contribution in [0.2, 0.25) is 0 Å². The van der Waals surface area contributed by atoms with Crippen molar-refractivity contribution in [2.24, 2.45) is 10.7 Å². The van der Waals surface area contributed by atoms with Crippen LogP contribution < -0.4 is 16.4 Å². The van der Waals surface area contributed by atoms with Gasteiger partial charge in [-0.3, -0.25) is 9.79 Å². The van der Waals surface area contributed by atoms with Crippen molar-refractivity contribution in [2.75, 3.05) is 19.6 Å². The lowest BCUT2D eigenvalue weighted by atomic mass is 10.2. The third-order valence-corrected chi connectivity index (χ3v) is 2.17. The minimum Gasteiger partial charge on any atom is -0.508 e. The number of carbonyl (C=O) groups is 1. The van der Waals surface area contributed by atoms with Gasteiger partial charge < -0.3 is 21.5 Å². The zero-order valence-electron chi connectivity index (χ0n) is 10.7. The van der Waals surface area contributed by atoms with E-state index in [4.69, 9.17) is 10.8 Å². The van der Waals surface area contributed by atoms with Gasteiger partial charge in [-0.05, 0) is 31.2 Å². The average Bonchev–Trinajstić information content (AvgIpc) is 2.35. The first kappa shape index (κ1) is 17.2. The fourth-order valence-corrected chi connectivity index (χ4v) is 1.30. The molecule has 0 saturated heterocycles. The zero-order valence-corrected chi connectivity index (χ0v) is 12.4. The molecular formula is C12H19BrN4O2. The number of guanidine groups is 1. The summed E-state index contributed by atoms with van der Waals surface area (Å²) in [6.45, 7) is 3.47. The minimum absolute atomic E-state index is 0. The number of nitrogens with two attached hydrogens (primary N) is 1. The number of benzene rings is 1. The standard InChI is InChI=1S/C12H18N4O2.BrH/c1-2-14-12(13)16-8-7-15-11(18)9-3-5-10(17)6-4-9;/h3-6,17H,2,7-8H2,1H3,(H,15,18)(H3,13,14,16);1H. The Morgan fingerprint density at radius 3 is 2.53 bits per heavy atom. The van der Waals surface area contributed by atoms with Gasteiger partial charge >= 0.3 is 0 Å². The first-order valence-corrected chi connectivity index (χ1v) is 5.74. The number of rotatable bonds is 5. The number of nitrogens with one attached hydrogen (secondary N) is 2. The molecule has 0 unspecified atom stereocenters. The lowest BCUT2D eigenvalue weighted by molar-refractivity contribution is 0.0955. The Morgan fingerprint density at radius 1 is 1.32 bits per heavy atom. The molecule has 5 N–H and O–H groups in total. The number of aromatic hydroxyl groups is 1. The maximum Gasteiger partial charge on any atom is 0.251 e. The van der Waals surface area contributed by atoms with Gasteiger partial charge in [0.25, 0.3) is 5.91 Å². The fourth-order valence-electron chi connectivity index (χ4n) is 1.30. The molecule has 0 atom stereocenters. The van der Waals surface area contributed by atoms with Crippen LogP contribution in [0.1, 0.15) is 17.3 Å². The third kappa shape index (κ3) is 6.66. The van der Waals surface area contributed by atoms with Crippen LogP contribution in [0.25, 0.3) is 0 Å². The van der Waals surface area contributed by atoms with E-state index >= 15 is 0 Å². The number of hydrogen-bond acceptors (Lipinski definition) is 3. The maximum absolute atomic E-state index is 11.6. The predicted octanol–water partition coefficient (Wildman–Crippen LogP) is 0.624. The molecule has 0 aliphatic rings. The van der Waals surface area contributed by atoms with E-state index in [9.17, 15) is 4.79 Å². The van der Waals surface area contributed by atoms with Crippen LogP contribution in [0, 0.1) is 0 Å². The van der Waals surface area contributed by atoms with E-state index in [1.807, 2.05) is 6.92 Å². The summed E-state index contributed by atoms with van der Waals surface area (Å²) in [5, 5.41) is 14.7. The van der Waals surface area contributed by atoms with Crippen molar-refractivity contribution in [3.63, 3.8) is 0 Å². The number of carbonyl (C=O) groups excluding carboxylic acids is 1. The summed E-state index contributed by atoms with van der Waals surface area (Å²) >= 11 is 0. The SMILES string of the molecule is Br.CCNC(N)=NCCNC(=O)c1ccc(O)cc1. The maximum atomic E-state index is 11.6. The summed E-state index contributed by atoms with van der Waals surface area (Å²) in [6.07, 6.45) is 0. The van der Waals surface area contributed by atoms with Gasteiger partial charge in [-0.25, -0.2) is 0 Å². The molecule has 0 aromatic heterocycles. The number of phenols is 1. The van der Waals surface area contributed by atoms with E-state index in [0.717, 1.165) is 6.54 Å². The Balaban J connectivity index is 0.00000324. The summed E-state index contributed by atoms with van der Waals surface area (Å²) in [5.41, 5.74) is 6.02. The van der Waals surface area contributed by atoms with Crippen LogP contribution in [-0.2, 0) is 0 Å². The first-order chi connectivity index (χ1) is 8.63. The Bertz CT molecular complexity index is 420. The number of amides is 1. The molecule has 1 rings (SSSR count). The Morgan fingerprint density at radius 2 is 1.95 bits per heavy atom. The van der Waals surface area contributed by atoms with Crippen LogP contribution in [0.4, 0.5) is 0 Å². The summed E-state index contributed by atoms with van der Waals surface area (Å²) in [7, 11) is 0. The van der Waals surface area contributed by atoms with Crippen molar-refractivity contribution in [2.45, 2.75) is 6.92 Å². The molecule has 0 fully saturated rings. The monoisotopic (exact) mass is 330 g/mol. The molecule has 0 aliphatic carbocycles. The second-order valence-electron chi connectivity index (χ2n) is 3.60. The molecule has 19 heavy (non-hydrogen) atoms. The normalized spacial score (nSPS) is 10.5. The fraction of sp³-hybridized carbons (Fsp3) is 0.333. The molecule has 0 aliphatic heterocycles. The van der Waals surface area contributed by atoms with Crippen LogP contribution in [0.15, 0.2) is 29.3 Å². The van der Waals surface area contributed by atoms with Crippen LogP contribution >= 0.6 is 17.0 Å². The topological polar surface area (TPSA) is 99.7 Å². The molecular weight excluding hydrogens is 312 g/mol. The lowest BCUT2D eigenvalue weighted by Crippen LogP contribution is -2.33. The number of hydrogen-bond donors (Lipinski definition) is 4. The second kappa shape index (κ2) is 9.21. The number of halogens is 1. The lowest BCUT2D eigenvalue weighted by Gasteiger charge is -2.04. The van der Waals surface area contributed by atoms with Gasteiger partial charge in [0.05, 0.1) is 6.54 Å². The largest absolute Gasteiger partial charge is 0.508 e. The van der Waals surface area contributed by atoms with E-state index in [1.165, 1.54) is 12.1 Å². The molecule has 106 valence electrons. The van der Waals surface area contributed by atoms with E-state index in [1.54, 1.807) is 12.1 Å². The smallest absolute Gasteiger partial charge is 0.251 e. The van der Waals surface area contributed by atoms with Gasteiger partial charge in [0, 0.05) is 18.7 Å². The highest BCUT2D eigenvalue weighted by Crippen LogP contribution is 2.09. The van der Waals surface area contributed by atoms with E-state index in [2.05, 4.69) is 15.6 Å². The third-order valence-electron chi connectivity index (χ3n) is 2.17. The van der Waals surface area contributed by atoms with E-state index in [-0.39, 0.29) is 28.6 Å². The minimum atomic E-state index is -0.202. The zero-order chi connectivity index (χ0) is 13.4. The van der Waals surface area contributed by atoms with Crippen molar-refractivity contribution in [3.8, 4) is 5.75 Å². The van der Waals surface area contributed by atoms with Crippen molar-refractivity contribution in [1.82, 2.24) is 10.6 Å². The molecule has 0 bridgehead atoms. The van der Waals surface area contributed by atoms with Gasteiger partial charge in [-0.15, -0.1) is 17.0 Å². The Labute approximate surface area is 122 Å². The molecule has 1 aromatic rings. The average molecular weight is 331 g/mol. The highest BCUT2D eigenvalue weighted by molar-refractivity contribution is 8.93. The quantitative estimate of drug-likeness (QED) is 0.361. The first-order valence-electron chi connectivity index (χ1n) is 5.74. The Hall–Kier alpha value is -1.76. The molecule has 1 aromatic carbocycles. The van der Waals surface area contributed by atoms with Crippen molar-refractivity contribution in [1.29, 1.82) is 0 Å². The number of nitrogens with zero attached hydrogens (tertiary/aromatic N) is 1. The van der Waals surface area contributed by atoms with E-state index in [0.29, 0.717) is 24.6 Å². The molecule has 0 heterocycles. The van der Waals surface area contributed by atoms with Crippen molar-refractivity contribution >= 4 is 28.8 Å². The molecule has 0 saturated carbocycles. The van der Waals surface area contributed by atoms with Crippen LogP contribution in [0.3, 0.4) is 0 Å². The molecule has 7 heteroatoms. The van der Waals surface area contributed by atoms with E-state index < -0.39 is 0 Å². The number of aliphatic imine (C=N–C) groups is 1. The predicted molar refractivity (Wildman–Crippen MR) is 80.9 cm³/mol. The highest BCUT2D eigenvalue weighted by atomic mass is 79.9. The van der Waals surface area contributed by atoms with Gasteiger partial charge in [0.1, 0.15) is 5.75 Å². The van der Waals surface area contributed by atoms with Crippen LogP contribution in [0.5, 0.6) is 5.75 Å². The highest BCUT2D eigenvalue weighted by Gasteiger charge is 2.03. The van der Waals surface area contributed by atoms with Gasteiger partial charge in [0.15, 0.2) is 5.96 Å². The summed E-state index contributed by atoms with van der Waals surface area (Å²) < 4.78 is 0. The summed E-state index contributed by atoms with van der Waals surface area (Å²) in [4.78, 5) is 15.7. The van der Waals surface area contributed by atoms with Crippen molar-refractivity contribution in [3.05, 3.63) is 29.8 Å². The second-order valence-corrected chi connectivity index (χ2v) is 3.60.